The van der Waals surface area contributed by atoms with Crippen LogP contribution in [0.15, 0.2) is 23.2 Å². The van der Waals surface area contributed by atoms with Gasteiger partial charge in [0, 0.05) is 40.3 Å². The lowest BCUT2D eigenvalue weighted by Gasteiger charge is -2.32. The van der Waals surface area contributed by atoms with Gasteiger partial charge >= 0.3 is 0 Å². The second-order valence-corrected chi connectivity index (χ2v) is 6.47. The van der Waals surface area contributed by atoms with Crippen LogP contribution in [0, 0.1) is 0 Å². The Kier molecular flexibility index (Phi) is 7.00. The van der Waals surface area contributed by atoms with Crippen molar-refractivity contribution in [3.8, 4) is 0 Å². The molecule has 2 rings (SSSR count). The highest BCUT2D eigenvalue weighted by Gasteiger charge is 2.20. The van der Waals surface area contributed by atoms with Crippen molar-refractivity contribution in [1.82, 2.24) is 20.5 Å². The van der Waals surface area contributed by atoms with Crippen LogP contribution in [0.25, 0.3) is 0 Å². The van der Waals surface area contributed by atoms with Gasteiger partial charge in [-0.3, -0.25) is 14.7 Å². The molecule has 0 aliphatic carbocycles. The highest BCUT2D eigenvalue weighted by Crippen LogP contribution is 2.10. The van der Waals surface area contributed by atoms with E-state index in [0.717, 1.165) is 43.4 Å². The first-order valence-electron chi connectivity index (χ1n) is 8.59. The number of guanidine groups is 1. The molecule has 1 fully saturated rings. The minimum absolute atomic E-state index is 0.267. The van der Waals surface area contributed by atoms with Crippen molar-refractivity contribution in [2.45, 2.75) is 25.4 Å². The van der Waals surface area contributed by atoms with Gasteiger partial charge in [0.05, 0.1) is 18.8 Å². The molecule has 0 unspecified atom stereocenters. The normalized spacial score (nSPS) is 16.5. The number of nitrogens with zero attached hydrogens (tertiary/aromatic N) is 4. The SMILES string of the molecule is CN=C(NCc1cccc(N(C)C)n1)NC1CCN(CC(N)=O)CC1. The number of carbonyl (C=O) groups excluding carboxylic acids is 1. The van der Waals surface area contributed by atoms with Crippen molar-refractivity contribution in [1.29, 1.82) is 0 Å². The summed E-state index contributed by atoms with van der Waals surface area (Å²) in [6, 6.07) is 6.33. The number of hydrogen-bond acceptors (Lipinski definition) is 5. The Labute approximate surface area is 149 Å². The quantitative estimate of drug-likeness (QED) is 0.485. The van der Waals surface area contributed by atoms with Gasteiger partial charge in [-0.2, -0.15) is 0 Å². The zero-order chi connectivity index (χ0) is 18.2. The molecule has 2 heterocycles. The van der Waals surface area contributed by atoms with Crippen molar-refractivity contribution >= 4 is 17.7 Å². The number of piperidine rings is 1. The standard InChI is InChI=1S/C17H29N7O/c1-19-17(20-11-14-5-4-6-16(21-14)23(2)3)22-13-7-9-24(10-8-13)12-15(18)25/h4-6,13H,7-12H2,1-3H3,(H2,18,25)(H2,19,20,22). The molecule has 1 saturated heterocycles. The van der Waals surface area contributed by atoms with E-state index < -0.39 is 0 Å². The summed E-state index contributed by atoms with van der Waals surface area (Å²) in [5.74, 6) is 1.44. The first-order chi connectivity index (χ1) is 12.0. The molecule has 8 heteroatoms. The number of hydrogen-bond donors (Lipinski definition) is 3. The number of anilines is 1. The van der Waals surface area contributed by atoms with E-state index in [4.69, 9.17) is 5.73 Å². The third-order valence-electron chi connectivity index (χ3n) is 4.22. The fourth-order valence-corrected chi connectivity index (χ4v) is 2.83. The molecule has 8 nitrogen and oxygen atoms in total. The summed E-state index contributed by atoms with van der Waals surface area (Å²) in [5.41, 5.74) is 6.21. The third kappa shape index (κ3) is 6.22. The summed E-state index contributed by atoms with van der Waals surface area (Å²) in [6.45, 7) is 2.68. The summed E-state index contributed by atoms with van der Waals surface area (Å²) >= 11 is 0. The minimum Gasteiger partial charge on any atom is -0.369 e. The number of amides is 1. The summed E-state index contributed by atoms with van der Waals surface area (Å²) in [7, 11) is 5.72. The van der Waals surface area contributed by atoms with Gasteiger partial charge in [-0.15, -0.1) is 0 Å². The maximum Gasteiger partial charge on any atom is 0.231 e. The molecule has 4 N–H and O–H groups in total. The van der Waals surface area contributed by atoms with Crippen molar-refractivity contribution in [3.05, 3.63) is 23.9 Å². The monoisotopic (exact) mass is 347 g/mol. The fraction of sp³-hybridized carbons (Fsp3) is 0.588. The molecule has 0 aromatic carbocycles. The Morgan fingerprint density at radius 2 is 2.12 bits per heavy atom. The fourth-order valence-electron chi connectivity index (χ4n) is 2.83. The zero-order valence-corrected chi connectivity index (χ0v) is 15.3. The van der Waals surface area contributed by atoms with Crippen LogP contribution in [0.3, 0.4) is 0 Å². The number of likely N-dealkylation sites (tertiary alicyclic amines) is 1. The summed E-state index contributed by atoms with van der Waals surface area (Å²) in [5, 5.41) is 6.76. The van der Waals surface area contributed by atoms with Crippen molar-refractivity contribution in [2.75, 3.05) is 45.7 Å². The van der Waals surface area contributed by atoms with Crippen LogP contribution in [0.1, 0.15) is 18.5 Å². The van der Waals surface area contributed by atoms with Gasteiger partial charge in [-0.1, -0.05) is 6.07 Å². The molecular weight excluding hydrogens is 318 g/mol. The highest BCUT2D eigenvalue weighted by atomic mass is 16.1. The number of nitrogens with one attached hydrogen (secondary N) is 2. The Bertz CT molecular complexity index is 594. The Balaban J connectivity index is 1.80. The first kappa shape index (κ1) is 19.0. The second-order valence-electron chi connectivity index (χ2n) is 6.47. The molecular formula is C17H29N7O. The molecule has 1 aliphatic rings. The van der Waals surface area contributed by atoms with Crippen LogP contribution in [-0.2, 0) is 11.3 Å². The predicted octanol–water partition coefficient (Wildman–Crippen LogP) is -0.238. The Morgan fingerprint density at radius 3 is 2.72 bits per heavy atom. The highest BCUT2D eigenvalue weighted by molar-refractivity contribution is 5.80. The topological polar surface area (TPSA) is 98.9 Å². The van der Waals surface area contributed by atoms with Crippen LogP contribution in [-0.4, -0.2) is 68.6 Å². The van der Waals surface area contributed by atoms with Crippen molar-refractivity contribution < 1.29 is 4.79 Å². The van der Waals surface area contributed by atoms with Gasteiger partial charge in [-0.25, -0.2) is 4.98 Å². The molecule has 0 atom stereocenters. The number of aliphatic imine (C=N–C) groups is 1. The van der Waals surface area contributed by atoms with E-state index in [1.54, 1.807) is 7.05 Å². The minimum atomic E-state index is -0.267. The molecule has 138 valence electrons. The van der Waals surface area contributed by atoms with E-state index in [1.807, 2.05) is 37.2 Å². The van der Waals surface area contributed by atoms with E-state index in [-0.39, 0.29) is 5.91 Å². The number of carbonyl (C=O) groups is 1. The van der Waals surface area contributed by atoms with Crippen LogP contribution in [0.2, 0.25) is 0 Å². The van der Waals surface area contributed by atoms with E-state index in [9.17, 15) is 4.79 Å². The molecule has 0 radical (unpaired) electrons. The van der Waals surface area contributed by atoms with E-state index in [1.165, 1.54) is 0 Å². The van der Waals surface area contributed by atoms with E-state index in [2.05, 4.69) is 25.5 Å². The molecule has 0 spiro atoms. The van der Waals surface area contributed by atoms with Gasteiger partial charge in [0.25, 0.3) is 0 Å². The average Bonchev–Trinajstić information content (AvgIpc) is 2.59. The van der Waals surface area contributed by atoms with Crippen LogP contribution in [0.4, 0.5) is 5.82 Å². The molecule has 1 aliphatic heterocycles. The smallest absolute Gasteiger partial charge is 0.231 e. The molecule has 1 amide bonds. The Morgan fingerprint density at radius 1 is 1.40 bits per heavy atom. The van der Waals surface area contributed by atoms with E-state index in [0.29, 0.717) is 19.1 Å². The largest absolute Gasteiger partial charge is 0.369 e. The number of rotatable bonds is 6. The number of aromatic nitrogens is 1. The molecule has 0 bridgehead atoms. The molecule has 1 aromatic heterocycles. The molecule has 0 saturated carbocycles. The van der Waals surface area contributed by atoms with Crippen LogP contribution >= 0.6 is 0 Å². The van der Waals surface area contributed by atoms with Gasteiger partial charge in [-0.05, 0) is 25.0 Å². The van der Waals surface area contributed by atoms with Gasteiger partial charge in [0.2, 0.25) is 5.91 Å². The van der Waals surface area contributed by atoms with Gasteiger partial charge in [0.1, 0.15) is 5.82 Å². The number of primary amides is 1. The van der Waals surface area contributed by atoms with Gasteiger partial charge in [0.15, 0.2) is 5.96 Å². The lowest BCUT2D eigenvalue weighted by Crippen LogP contribution is -2.49. The van der Waals surface area contributed by atoms with Crippen LogP contribution in [0.5, 0.6) is 0 Å². The van der Waals surface area contributed by atoms with Crippen molar-refractivity contribution in [2.24, 2.45) is 10.7 Å². The summed E-state index contributed by atoms with van der Waals surface area (Å²) in [6.07, 6.45) is 1.92. The lowest BCUT2D eigenvalue weighted by atomic mass is 10.1. The number of nitrogens with two attached hydrogens (primary N) is 1. The zero-order valence-electron chi connectivity index (χ0n) is 15.3. The lowest BCUT2D eigenvalue weighted by molar-refractivity contribution is -0.119. The van der Waals surface area contributed by atoms with Gasteiger partial charge < -0.3 is 21.3 Å². The second kappa shape index (κ2) is 9.22. The van der Waals surface area contributed by atoms with Crippen molar-refractivity contribution in [3.63, 3.8) is 0 Å². The first-order valence-corrected chi connectivity index (χ1v) is 8.59. The molecule has 25 heavy (non-hydrogen) atoms. The van der Waals surface area contributed by atoms with Crippen LogP contribution < -0.4 is 21.3 Å². The average molecular weight is 347 g/mol. The summed E-state index contributed by atoms with van der Waals surface area (Å²) in [4.78, 5) is 23.9. The predicted molar refractivity (Wildman–Crippen MR) is 101 cm³/mol. The maximum atomic E-state index is 11.0. The third-order valence-corrected chi connectivity index (χ3v) is 4.22. The van der Waals surface area contributed by atoms with E-state index >= 15 is 0 Å². The molecule has 1 aromatic rings. The summed E-state index contributed by atoms with van der Waals surface area (Å²) < 4.78 is 0. The number of pyridine rings is 1. The Hall–Kier alpha value is -2.35. The maximum absolute atomic E-state index is 11.0.